The van der Waals surface area contributed by atoms with Crippen LogP contribution in [0.5, 0.6) is 0 Å². The first-order chi connectivity index (χ1) is 12.5. The molecule has 3 rings (SSSR count). The summed E-state index contributed by atoms with van der Waals surface area (Å²) >= 11 is 0. The Morgan fingerprint density at radius 1 is 1.08 bits per heavy atom. The van der Waals surface area contributed by atoms with Crippen molar-refractivity contribution in [1.29, 1.82) is 5.26 Å². The number of benzene rings is 2. The number of rotatable bonds is 3. The molecule has 1 aromatic heterocycles. The van der Waals surface area contributed by atoms with Crippen LogP contribution in [0, 0.1) is 23.0 Å². The lowest BCUT2D eigenvalue weighted by atomic mass is 10.2. The van der Waals surface area contributed by atoms with Crippen molar-refractivity contribution in [3.63, 3.8) is 0 Å². The molecule has 0 atom stereocenters. The summed E-state index contributed by atoms with van der Waals surface area (Å²) in [4.78, 5) is 24.3. The molecule has 0 bridgehead atoms. The molecule has 2 aromatic carbocycles. The van der Waals surface area contributed by atoms with E-state index in [2.05, 4.69) is 10.4 Å². The van der Waals surface area contributed by atoms with Crippen LogP contribution in [0.4, 0.5) is 14.5 Å². The van der Waals surface area contributed by atoms with Gasteiger partial charge in [-0.1, -0.05) is 0 Å². The summed E-state index contributed by atoms with van der Waals surface area (Å²) in [6, 6.07) is 12.6. The number of hydrogen-bond donors (Lipinski definition) is 1. The quantitative estimate of drug-likeness (QED) is 0.785. The van der Waals surface area contributed by atoms with Crippen molar-refractivity contribution in [2.24, 2.45) is 0 Å². The predicted octanol–water partition coefficient (Wildman–Crippen LogP) is 2.63. The van der Waals surface area contributed by atoms with E-state index in [1.807, 2.05) is 0 Å². The fraction of sp³-hybridized carbons (Fsp3) is 0. The fourth-order valence-corrected chi connectivity index (χ4v) is 2.18. The number of amides is 1. The highest BCUT2D eigenvalue weighted by Gasteiger charge is 2.12. The smallest absolute Gasteiger partial charge is 0.276 e. The molecule has 0 saturated heterocycles. The Labute approximate surface area is 145 Å². The fourth-order valence-electron chi connectivity index (χ4n) is 2.18. The average molecular weight is 352 g/mol. The van der Waals surface area contributed by atoms with Crippen LogP contribution in [-0.4, -0.2) is 15.7 Å². The molecular weight excluding hydrogens is 342 g/mol. The minimum Gasteiger partial charge on any atom is -0.321 e. The molecule has 1 N–H and O–H groups in total. The van der Waals surface area contributed by atoms with E-state index in [1.165, 1.54) is 30.3 Å². The number of anilines is 1. The summed E-state index contributed by atoms with van der Waals surface area (Å²) < 4.78 is 27.3. The molecule has 0 saturated carbocycles. The lowest BCUT2D eigenvalue weighted by Gasteiger charge is -2.08. The van der Waals surface area contributed by atoms with Gasteiger partial charge in [-0.3, -0.25) is 9.59 Å². The highest BCUT2D eigenvalue weighted by atomic mass is 19.1. The third-order valence-electron chi connectivity index (χ3n) is 3.45. The van der Waals surface area contributed by atoms with Crippen LogP contribution in [0.15, 0.2) is 59.4 Å². The van der Waals surface area contributed by atoms with Gasteiger partial charge in [0.15, 0.2) is 0 Å². The maximum atomic E-state index is 13.3. The standard InChI is InChI=1S/C18H10F2N4O2/c19-12-1-4-14(5-2-12)24-17(25)8-7-16(23-24)18(26)22-13-3-6-15(20)11(9-13)10-21/h1-9H,(H,22,26). The van der Waals surface area contributed by atoms with Crippen molar-refractivity contribution in [3.05, 3.63) is 87.8 Å². The molecule has 26 heavy (non-hydrogen) atoms. The normalized spacial score (nSPS) is 10.2. The van der Waals surface area contributed by atoms with Crippen LogP contribution in [0.1, 0.15) is 16.1 Å². The van der Waals surface area contributed by atoms with E-state index < -0.39 is 23.1 Å². The first kappa shape index (κ1) is 17.0. The summed E-state index contributed by atoms with van der Waals surface area (Å²) in [7, 11) is 0. The molecule has 0 radical (unpaired) electrons. The maximum absolute atomic E-state index is 13.3. The Kier molecular flexibility index (Phi) is 4.53. The molecule has 0 spiro atoms. The zero-order valence-electron chi connectivity index (χ0n) is 13.1. The monoisotopic (exact) mass is 352 g/mol. The number of nitrogens with zero attached hydrogens (tertiary/aromatic N) is 3. The van der Waals surface area contributed by atoms with Gasteiger partial charge in [0, 0.05) is 11.8 Å². The molecule has 0 fully saturated rings. The predicted molar refractivity (Wildman–Crippen MR) is 88.9 cm³/mol. The van der Waals surface area contributed by atoms with E-state index >= 15 is 0 Å². The van der Waals surface area contributed by atoms with Gasteiger partial charge in [-0.05, 0) is 48.5 Å². The van der Waals surface area contributed by atoms with Crippen molar-refractivity contribution in [1.82, 2.24) is 9.78 Å². The Hall–Kier alpha value is -3.86. The number of halogens is 2. The minimum absolute atomic E-state index is 0.0863. The molecule has 6 nitrogen and oxygen atoms in total. The van der Waals surface area contributed by atoms with E-state index in [0.717, 1.165) is 28.9 Å². The van der Waals surface area contributed by atoms with Gasteiger partial charge in [-0.25, -0.2) is 8.78 Å². The van der Waals surface area contributed by atoms with Crippen LogP contribution in [0.25, 0.3) is 5.69 Å². The number of aromatic nitrogens is 2. The first-order valence-corrected chi connectivity index (χ1v) is 7.35. The number of carbonyl (C=O) groups excluding carboxylic acids is 1. The minimum atomic E-state index is -0.700. The van der Waals surface area contributed by atoms with Crippen LogP contribution < -0.4 is 10.9 Å². The molecule has 1 amide bonds. The van der Waals surface area contributed by atoms with E-state index in [-0.39, 0.29) is 16.9 Å². The lowest BCUT2D eigenvalue weighted by molar-refractivity contribution is 0.102. The SMILES string of the molecule is N#Cc1cc(NC(=O)c2ccc(=O)n(-c3ccc(F)cc3)n2)ccc1F. The van der Waals surface area contributed by atoms with Gasteiger partial charge in [-0.15, -0.1) is 0 Å². The Bertz CT molecular complexity index is 1090. The van der Waals surface area contributed by atoms with Crippen LogP contribution in [-0.2, 0) is 0 Å². The van der Waals surface area contributed by atoms with E-state index in [9.17, 15) is 18.4 Å². The number of nitrogens with one attached hydrogen (secondary N) is 1. The summed E-state index contributed by atoms with van der Waals surface area (Å²) in [6.45, 7) is 0. The molecule has 0 aliphatic carbocycles. The molecule has 1 heterocycles. The highest BCUT2D eigenvalue weighted by Crippen LogP contribution is 2.14. The van der Waals surface area contributed by atoms with Gasteiger partial charge in [0.25, 0.3) is 11.5 Å². The van der Waals surface area contributed by atoms with Gasteiger partial charge >= 0.3 is 0 Å². The Morgan fingerprint density at radius 2 is 1.81 bits per heavy atom. The summed E-state index contributed by atoms with van der Waals surface area (Å²) in [5.41, 5.74) is -0.306. The molecule has 0 unspecified atom stereocenters. The van der Waals surface area contributed by atoms with Crippen LogP contribution in [0.2, 0.25) is 0 Å². The van der Waals surface area contributed by atoms with Crippen molar-refractivity contribution >= 4 is 11.6 Å². The van der Waals surface area contributed by atoms with Gasteiger partial charge in [0.2, 0.25) is 0 Å². The first-order valence-electron chi connectivity index (χ1n) is 7.35. The molecule has 8 heteroatoms. The Balaban J connectivity index is 1.91. The third-order valence-corrected chi connectivity index (χ3v) is 3.45. The second-order valence-electron chi connectivity index (χ2n) is 5.21. The van der Waals surface area contributed by atoms with Crippen molar-refractivity contribution in [2.75, 3.05) is 5.32 Å². The topological polar surface area (TPSA) is 87.8 Å². The second kappa shape index (κ2) is 6.94. The lowest BCUT2D eigenvalue weighted by Crippen LogP contribution is -2.24. The van der Waals surface area contributed by atoms with Crippen molar-refractivity contribution in [2.45, 2.75) is 0 Å². The van der Waals surface area contributed by atoms with E-state index in [4.69, 9.17) is 5.26 Å². The molecule has 0 aliphatic rings. The second-order valence-corrected chi connectivity index (χ2v) is 5.21. The third kappa shape index (κ3) is 3.47. The van der Waals surface area contributed by atoms with Crippen molar-refractivity contribution < 1.29 is 13.6 Å². The van der Waals surface area contributed by atoms with E-state index in [1.54, 1.807) is 6.07 Å². The van der Waals surface area contributed by atoms with Gasteiger partial charge < -0.3 is 5.32 Å². The molecule has 0 aliphatic heterocycles. The molecule has 3 aromatic rings. The van der Waals surface area contributed by atoms with Gasteiger partial charge in [-0.2, -0.15) is 15.0 Å². The number of hydrogen-bond acceptors (Lipinski definition) is 4. The van der Waals surface area contributed by atoms with E-state index in [0.29, 0.717) is 5.69 Å². The average Bonchev–Trinajstić information content (AvgIpc) is 2.64. The van der Waals surface area contributed by atoms with Gasteiger partial charge in [0.05, 0.1) is 11.3 Å². The molecule has 128 valence electrons. The Morgan fingerprint density at radius 3 is 2.50 bits per heavy atom. The molecular formula is C18H10F2N4O2. The van der Waals surface area contributed by atoms with Crippen LogP contribution >= 0.6 is 0 Å². The summed E-state index contributed by atoms with van der Waals surface area (Å²) in [5, 5.41) is 15.3. The number of nitriles is 1. The largest absolute Gasteiger partial charge is 0.321 e. The highest BCUT2D eigenvalue weighted by molar-refractivity contribution is 6.02. The maximum Gasteiger partial charge on any atom is 0.276 e. The summed E-state index contributed by atoms with van der Waals surface area (Å²) in [6.07, 6.45) is 0. The van der Waals surface area contributed by atoms with Gasteiger partial charge in [0.1, 0.15) is 23.4 Å². The zero-order chi connectivity index (χ0) is 18.7. The number of carbonyl (C=O) groups is 1. The van der Waals surface area contributed by atoms with Crippen molar-refractivity contribution in [3.8, 4) is 11.8 Å². The van der Waals surface area contributed by atoms with Crippen LogP contribution in [0.3, 0.4) is 0 Å². The zero-order valence-corrected chi connectivity index (χ0v) is 13.1. The summed E-state index contributed by atoms with van der Waals surface area (Å²) in [5.74, 6) is -1.83.